The van der Waals surface area contributed by atoms with E-state index in [2.05, 4.69) is 158 Å². The summed E-state index contributed by atoms with van der Waals surface area (Å²) in [7, 11) is 0. The molecule has 8 aromatic rings. The van der Waals surface area contributed by atoms with Crippen LogP contribution in [0.1, 0.15) is 0 Å². The summed E-state index contributed by atoms with van der Waals surface area (Å²) >= 11 is 0. The predicted octanol–water partition coefficient (Wildman–Crippen LogP) is 11.8. The lowest BCUT2D eigenvalue weighted by Crippen LogP contribution is -1.92. The monoisotopic (exact) mass is 530 g/mol. The van der Waals surface area contributed by atoms with E-state index in [0.29, 0.717) is 0 Å². The third-order valence-corrected chi connectivity index (χ3v) is 9.01. The average Bonchev–Trinajstić information content (AvgIpc) is 3.39. The third kappa shape index (κ3) is 3.30. The van der Waals surface area contributed by atoms with Crippen LogP contribution in [-0.4, -0.2) is 0 Å². The molecular formula is C42H26. The van der Waals surface area contributed by atoms with Gasteiger partial charge in [-0.1, -0.05) is 152 Å². The lowest BCUT2D eigenvalue weighted by molar-refractivity contribution is 1.63. The van der Waals surface area contributed by atoms with Gasteiger partial charge in [-0.2, -0.15) is 0 Å². The van der Waals surface area contributed by atoms with Crippen LogP contribution in [0.4, 0.5) is 0 Å². The molecule has 0 fully saturated rings. The Hall–Kier alpha value is -5.46. The summed E-state index contributed by atoms with van der Waals surface area (Å²) in [6.45, 7) is 0. The molecule has 0 bridgehead atoms. The van der Waals surface area contributed by atoms with Crippen molar-refractivity contribution in [3.05, 3.63) is 158 Å². The van der Waals surface area contributed by atoms with Crippen molar-refractivity contribution in [3.8, 4) is 55.6 Å². The summed E-state index contributed by atoms with van der Waals surface area (Å²) in [5, 5.41) is 7.80. The fraction of sp³-hybridized carbons (Fsp3) is 0. The van der Waals surface area contributed by atoms with Gasteiger partial charge in [-0.15, -0.1) is 0 Å². The minimum Gasteiger partial charge on any atom is -0.0622 e. The van der Waals surface area contributed by atoms with Gasteiger partial charge in [-0.25, -0.2) is 0 Å². The normalized spacial score (nSPS) is 11.8. The van der Waals surface area contributed by atoms with Crippen LogP contribution in [-0.2, 0) is 0 Å². The quantitative estimate of drug-likeness (QED) is 0.199. The van der Waals surface area contributed by atoms with Gasteiger partial charge < -0.3 is 0 Å². The van der Waals surface area contributed by atoms with E-state index < -0.39 is 0 Å². The van der Waals surface area contributed by atoms with E-state index in [1.54, 1.807) is 0 Å². The summed E-state index contributed by atoms with van der Waals surface area (Å²) < 4.78 is 0. The molecule has 0 radical (unpaired) electrons. The van der Waals surface area contributed by atoms with E-state index in [1.807, 2.05) is 0 Å². The zero-order valence-electron chi connectivity index (χ0n) is 23.0. The Morgan fingerprint density at radius 3 is 1.50 bits per heavy atom. The molecule has 0 nitrogen and oxygen atoms in total. The summed E-state index contributed by atoms with van der Waals surface area (Å²) in [4.78, 5) is 0. The fourth-order valence-electron chi connectivity index (χ4n) is 7.22. The first kappa shape index (κ1) is 23.3. The Morgan fingerprint density at radius 2 is 0.762 bits per heavy atom. The minimum absolute atomic E-state index is 1.23. The van der Waals surface area contributed by atoms with E-state index in [9.17, 15) is 0 Å². The van der Waals surface area contributed by atoms with E-state index in [-0.39, 0.29) is 0 Å². The van der Waals surface area contributed by atoms with Gasteiger partial charge in [-0.3, -0.25) is 0 Å². The molecule has 0 aliphatic heterocycles. The molecule has 0 N–H and O–H groups in total. The van der Waals surface area contributed by atoms with E-state index in [4.69, 9.17) is 0 Å². The van der Waals surface area contributed by atoms with E-state index >= 15 is 0 Å². The Bertz CT molecular complexity index is 2300. The van der Waals surface area contributed by atoms with Crippen LogP contribution < -0.4 is 0 Å². The first-order chi connectivity index (χ1) is 20.9. The third-order valence-electron chi connectivity index (χ3n) is 9.01. The molecule has 0 saturated carbocycles. The van der Waals surface area contributed by atoms with Crippen molar-refractivity contribution in [2.45, 2.75) is 0 Å². The molecule has 0 amide bonds. The number of rotatable bonds is 3. The van der Waals surface area contributed by atoms with Crippen molar-refractivity contribution in [2.75, 3.05) is 0 Å². The van der Waals surface area contributed by atoms with Crippen molar-refractivity contribution < 1.29 is 0 Å². The Kier molecular flexibility index (Phi) is 5.00. The van der Waals surface area contributed by atoms with Gasteiger partial charge in [0.05, 0.1) is 0 Å². The molecule has 0 atom stereocenters. The zero-order chi connectivity index (χ0) is 27.6. The molecule has 1 aliphatic rings. The first-order valence-electron chi connectivity index (χ1n) is 14.6. The standard InChI is InChI=1S/C42H26/c1-3-12-27(13-4-1)29-22-23-38-39(26-29)42(34-19-10-9-18-33(34)40(38)28-14-5-2-6-15-28)37-25-24-36-31-17-8-7-16-30(31)32-20-11-21-35(37)41(32)36/h1-26H. The van der Waals surface area contributed by atoms with Crippen LogP contribution >= 0.6 is 0 Å². The Labute approximate surface area is 245 Å². The Morgan fingerprint density at radius 1 is 0.238 bits per heavy atom. The maximum atomic E-state index is 2.41. The maximum Gasteiger partial charge on any atom is -0.00199 e. The highest BCUT2D eigenvalue weighted by Crippen LogP contribution is 2.52. The van der Waals surface area contributed by atoms with Crippen LogP contribution in [0.3, 0.4) is 0 Å². The van der Waals surface area contributed by atoms with Crippen molar-refractivity contribution in [1.29, 1.82) is 0 Å². The number of hydrogen-bond acceptors (Lipinski definition) is 0. The van der Waals surface area contributed by atoms with Gasteiger partial charge in [0, 0.05) is 0 Å². The van der Waals surface area contributed by atoms with Crippen molar-refractivity contribution in [1.82, 2.24) is 0 Å². The first-order valence-corrected chi connectivity index (χ1v) is 14.6. The molecule has 8 aromatic carbocycles. The van der Waals surface area contributed by atoms with Gasteiger partial charge in [0.25, 0.3) is 0 Å². The Balaban J connectivity index is 1.45. The van der Waals surface area contributed by atoms with Crippen LogP contribution in [0.2, 0.25) is 0 Å². The smallest absolute Gasteiger partial charge is 0.00199 e. The van der Waals surface area contributed by atoms with Crippen LogP contribution in [0.25, 0.3) is 88.0 Å². The minimum atomic E-state index is 1.23. The van der Waals surface area contributed by atoms with E-state index in [1.165, 1.54) is 88.0 Å². The molecule has 0 saturated heterocycles. The average molecular weight is 531 g/mol. The van der Waals surface area contributed by atoms with Gasteiger partial charge >= 0.3 is 0 Å². The molecule has 42 heavy (non-hydrogen) atoms. The molecule has 0 heterocycles. The van der Waals surface area contributed by atoms with Crippen molar-refractivity contribution >= 4 is 32.3 Å². The fourth-order valence-corrected chi connectivity index (χ4v) is 7.22. The second-order valence-corrected chi connectivity index (χ2v) is 11.2. The molecule has 194 valence electrons. The lowest BCUT2D eigenvalue weighted by Gasteiger charge is -2.20. The van der Waals surface area contributed by atoms with Crippen molar-refractivity contribution in [3.63, 3.8) is 0 Å². The van der Waals surface area contributed by atoms with Crippen molar-refractivity contribution in [2.24, 2.45) is 0 Å². The highest BCUT2D eigenvalue weighted by Gasteiger charge is 2.24. The van der Waals surface area contributed by atoms with Crippen LogP contribution in [0.5, 0.6) is 0 Å². The molecule has 0 heteroatoms. The number of hydrogen-bond donors (Lipinski definition) is 0. The molecule has 9 rings (SSSR count). The second kappa shape index (κ2) is 9.03. The summed E-state index contributed by atoms with van der Waals surface area (Å²) in [5.41, 5.74) is 12.9. The van der Waals surface area contributed by atoms with Gasteiger partial charge in [0.15, 0.2) is 0 Å². The number of benzene rings is 8. The highest BCUT2D eigenvalue weighted by molar-refractivity contribution is 6.26. The maximum absolute atomic E-state index is 2.41. The molecule has 0 spiro atoms. The van der Waals surface area contributed by atoms with Gasteiger partial charge in [0.1, 0.15) is 0 Å². The molecular weight excluding hydrogens is 504 g/mol. The molecule has 1 aliphatic carbocycles. The van der Waals surface area contributed by atoms with Gasteiger partial charge in [-0.05, 0) is 94.0 Å². The topological polar surface area (TPSA) is 0 Å². The van der Waals surface area contributed by atoms with Crippen LogP contribution in [0.15, 0.2) is 158 Å². The zero-order valence-corrected chi connectivity index (χ0v) is 23.0. The molecule has 0 aromatic heterocycles. The lowest BCUT2D eigenvalue weighted by atomic mass is 9.83. The summed E-state index contributed by atoms with van der Waals surface area (Å²) in [6, 6.07) is 58.0. The van der Waals surface area contributed by atoms with Gasteiger partial charge in [0.2, 0.25) is 0 Å². The largest absolute Gasteiger partial charge is 0.0622 e. The predicted molar refractivity (Wildman–Crippen MR) is 180 cm³/mol. The second-order valence-electron chi connectivity index (χ2n) is 11.2. The van der Waals surface area contributed by atoms with E-state index in [0.717, 1.165) is 0 Å². The number of fused-ring (bicyclic) bond motifs is 5. The molecule has 0 unspecified atom stereocenters. The van der Waals surface area contributed by atoms with Crippen LogP contribution in [0, 0.1) is 0 Å². The summed E-state index contributed by atoms with van der Waals surface area (Å²) in [6.07, 6.45) is 0. The SMILES string of the molecule is c1ccc(-c2ccc3c(-c4ccccc4)c4ccccc4c(-c4ccc5c6c(cccc46)-c4ccccc4-5)c3c2)cc1. The summed E-state index contributed by atoms with van der Waals surface area (Å²) in [5.74, 6) is 0. The highest BCUT2D eigenvalue weighted by atomic mass is 14.3.